The van der Waals surface area contributed by atoms with Gasteiger partial charge in [-0.25, -0.2) is 4.98 Å². The fraction of sp³-hybridized carbons (Fsp3) is 0. The first kappa shape index (κ1) is 22.8. The van der Waals surface area contributed by atoms with Crippen LogP contribution in [0.2, 0.25) is 0 Å². The average molecular weight is 549 g/mol. The number of hydrogen-bond acceptors (Lipinski definition) is 1. The van der Waals surface area contributed by atoms with E-state index in [-0.39, 0.29) is 0 Å². The fourth-order valence-corrected chi connectivity index (χ4v) is 7.30. The standard InChI is InChI=1S/C39H24N4/c1-2-13-25(14-3-1)41-34-23-11-8-20-31(34)40-39(41)43-35-24-12-19-29-27-16-5-4-15-26(27)28-17-6-9-21-32(28)42-33-22-10-7-18-30(33)37(43)38(42)36(29)35/h1-24H. The quantitative estimate of drug-likeness (QED) is 0.211. The molecule has 0 aliphatic heterocycles. The second-order valence-electron chi connectivity index (χ2n) is 11.2. The molecule has 200 valence electrons. The molecule has 0 aliphatic carbocycles. The van der Waals surface area contributed by atoms with E-state index in [1.807, 2.05) is 0 Å². The van der Waals surface area contributed by atoms with E-state index in [1.54, 1.807) is 0 Å². The lowest BCUT2D eigenvalue weighted by atomic mass is 10.0. The molecule has 0 amide bonds. The molecule has 10 aromatic rings. The number of fused-ring (bicyclic) bond motifs is 9. The molecule has 0 radical (unpaired) electrons. The maximum absolute atomic E-state index is 5.35. The molecule has 0 N–H and O–H groups in total. The highest BCUT2D eigenvalue weighted by Gasteiger charge is 2.26. The van der Waals surface area contributed by atoms with Gasteiger partial charge in [-0.05, 0) is 58.6 Å². The Hall–Kier alpha value is -5.87. The van der Waals surface area contributed by atoms with Crippen LogP contribution in [0.15, 0.2) is 146 Å². The van der Waals surface area contributed by atoms with Gasteiger partial charge in [-0.15, -0.1) is 0 Å². The van der Waals surface area contributed by atoms with E-state index < -0.39 is 0 Å². The van der Waals surface area contributed by atoms with Crippen molar-refractivity contribution in [3.63, 3.8) is 0 Å². The number of hydrogen-bond donors (Lipinski definition) is 0. The van der Waals surface area contributed by atoms with Crippen molar-refractivity contribution >= 4 is 70.9 Å². The minimum atomic E-state index is 0.883. The molecule has 0 atom stereocenters. The Morgan fingerprint density at radius 3 is 1.72 bits per heavy atom. The predicted molar refractivity (Wildman–Crippen MR) is 179 cm³/mol. The minimum Gasteiger partial charge on any atom is -0.306 e. The predicted octanol–water partition coefficient (Wildman–Crippen LogP) is 9.83. The summed E-state index contributed by atoms with van der Waals surface area (Å²) >= 11 is 0. The van der Waals surface area contributed by atoms with E-state index in [0.717, 1.165) is 28.2 Å². The van der Waals surface area contributed by atoms with Crippen LogP contribution in [-0.4, -0.2) is 18.5 Å². The van der Waals surface area contributed by atoms with Gasteiger partial charge < -0.3 is 4.40 Å². The lowest BCUT2D eigenvalue weighted by Gasteiger charge is -2.12. The molecular formula is C39H24N4. The van der Waals surface area contributed by atoms with Crippen LogP contribution < -0.4 is 0 Å². The van der Waals surface area contributed by atoms with Crippen molar-refractivity contribution in [2.75, 3.05) is 0 Å². The van der Waals surface area contributed by atoms with Gasteiger partial charge in [-0.2, -0.15) is 0 Å². The van der Waals surface area contributed by atoms with Crippen molar-refractivity contribution in [1.29, 1.82) is 0 Å². The summed E-state index contributed by atoms with van der Waals surface area (Å²) in [6.07, 6.45) is 0. The fourth-order valence-electron chi connectivity index (χ4n) is 7.30. The first-order chi connectivity index (χ1) is 21.4. The van der Waals surface area contributed by atoms with Crippen molar-refractivity contribution in [2.45, 2.75) is 0 Å². The summed E-state index contributed by atoms with van der Waals surface area (Å²) in [6, 6.07) is 52.2. The van der Waals surface area contributed by atoms with Crippen LogP contribution in [-0.2, 0) is 0 Å². The van der Waals surface area contributed by atoms with Crippen molar-refractivity contribution in [2.24, 2.45) is 0 Å². The highest BCUT2D eigenvalue weighted by Crippen LogP contribution is 2.44. The van der Waals surface area contributed by atoms with E-state index in [2.05, 4.69) is 159 Å². The summed E-state index contributed by atoms with van der Waals surface area (Å²) in [5, 5.41) is 7.39. The number of aromatic nitrogens is 4. The van der Waals surface area contributed by atoms with Gasteiger partial charge in [0.1, 0.15) is 0 Å². The monoisotopic (exact) mass is 548 g/mol. The molecule has 6 aromatic carbocycles. The third-order valence-electron chi connectivity index (χ3n) is 9.00. The van der Waals surface area contributed by atoms with Crippen molar-refractivity contribution in [3.8, 4) is 11.6 Å². The van der Waals surface area contributed by atoms with Crippen LogP contribution >= 0.6 is 0 Å². The topological polar surface area (TPSA) is 27.2 Å². The summed E-state index contributed by atoms with van der Waals surface area (Å²) in [5.74, 6) is 0.883. The molecular weight excluding hydrogens is 524 g/mol. The molecule has 0 bridgehead atoms. The van der Waals surface area contributed by atoms with Crippen molar-refractivity contribution < 1.29 is 0 Å². The van der Waals surface area contributed by atoms with Crippen LogP contribution in [0.4, 0.5) is 0 Å². The third-order valence-corrected chi connectivity index (χ3v) is 9.00. The first-order valence-corrected chi connectivity index (χ1v) is 14.7. The molecule has 4 nitrogen and oxygen atoms in total. The third kappa shape index (κ3) is 2.92. The number of para-hydroxylation sites is 5. The molecule has 0 spiro atoms. The molecule has 43 heavy (non-hydrogen) atoms. The average Bonchev–Trinajstić information content (AvgIpc) is 3.72. The minimum absolute atomic E-state index is 0.883. The Kier molecular flexibility index (Phi) is 4.42. The van der Waals surface area contributed by atoms with E-state index >= 15 is 0 Å². The van der Waals surface area contributed by atoms with E-state index in [4.69, 9.17) is 4.98 Å². The second-order valence-corrected chi connectivity index (χ2v) is 11.2. The zero-order valence-corrected chi connectivity index (χ0v) is 23.1. The number of benzene rings is 6. The summed E-state index contributed by atoms with van der Waals surface area (Å²) in [4.78, 5) is 5.35. The van der Waals surface area contributed by atoms with Gasteiger partial charge in [0.15, 0.2) is 0 Å². The molecule has 0 unspecified atom stereocenters. The molecule has 0 saturated heterocycles. The second kappa shape index (κ2) is 8.34. The molecule has 0 aliphatic rings. The van der Waals surface area contributed by atoms with E-state index in [1.165, 1.54) is 54.4 Å². The maximum Gasteiger partial charge on any atom is 0.220 e. The van der Waals surface area contributed by atoms with Gasteiger partial charge in [-0.3, -0.25) is 9.13 Å². The summed E-state index contributed by atoms with van der Waals surface area (Å²) < 4.78 is 7.18. The molecule has 4 aromatic heterocycles. The Bertz CT molecular complexity index is 2720. The van der Waals surface area contributed by atoms with Gasteiger partial charge in [-0.1, -0.05) is 103 Å². The Morgan fingerprint density at radius 2 is 0.930 bits per heavy atom. The summed E-state index contributed by atoms with van der Waals surface area (Å²) in [6.45, 7) is 0. The highest BCUT2D eigenvalue weighted by atomic mass is 15.3. The maximum atomic E-state index is 5.35. The number of rotatable bonds is 2. The molecule has 0 fully saturated rings. The van der Waals surface area contributed by atoms with Crippen molar-refractivity contribution in [1.82, 2.24) is 18.5 Å². The number of imidazole rings is 1. The Balaban J connectivity index is 1.56. The van der Waals surface area contributed by atoms with Gasteiger partial charge >= 0.3 is 0 Å². The van der Waals surface area contributed by atoms with Crippen LogP contribution in [0.1, 0.15) is 0 Å². The van der Waals surface area contributed by atoms with Gasteiger partial charge in [0.2, 0.25) is 5.95 Å². The molecule has 10 rings (SSSR count). The Labute approximate surface area is 246 Å². The van der Waals surface area contributed by atoms with Gasteiger partial charge in [0.05, 0.1) is 38.6 Å². The van der Waals surface area contributed by atoms with Crippen molar-refractivity contribution in [3.05, 3.63) is 146 Å². The van der Waals surface area contributed by atoms with E-state index in [9.17, 15) is 0 Å². The molecule has 0 saturated carbocycles. The highest BCUT2D eigenvalue weighted by molar-refractivity contribution is 6.29. The normalized spacial score (nSPS) is 12.2. The zero-order valence-electron chi connectivity index (χ0n) is 23.1. The lowest BCUT2D eigenvalue weighted by molar-refractivity contribution is 0.958. The van der Waals surface area contributed by atoms with Crippen LogP contribution in [0.5, 0.6) is 0 Å². The largest absolute Gasteiger partial charge is 0.306 e. The molecule has 4 heterocycles. The van der Waals surface area contributed by atoms with Crippen LogP contribution in [0.25, 0.3) is 82.6 Å². The first-order valence-electron chi connectivity index (χ1n) is 14.7. The summed E-state index contributed by atoms with van der Waals surface area (Å²) in [7, 11) is 0. The van der Waals surface area contributed by atoms with Crippen LogP contribution in [0.3, 0.4) is 0 Å². The number of nitrogens with zero attached hydrogens (tertiary/aromatic N) is 4. The van der Waals surface area contributed by atoms with Crippen LogP contribution in [0, 0.1) is 0 Å². The Morgan fingerprint density at radius 1 is 0.372 bits per heavy atom. The summed E-state index contributed by atoms with van der Waals surface area (Å²) in [5.41, 5.74) is 9.03. The van der Waals surface area contributed by atoms with E-state index in [0.29, 0.717) is 0 Å². The zero-order chi connectivity index (χ0) is 28.1. The van der Waals surface area contributed by atoms with Gasteiger partial charge in [0.25, 0.3) is 0 Å². The smallest absolute Gasteiger partial charge is 0.220 e. The van der Waals surface area contributed by atoms with Gasteiger partial charge in [0, 0.05) is 21.8 Å². The SMILES string of the molecule is c1ccc(-n2c(-n3c4cccc5c6ccccc6c6ccccc6n6c7ccccc7c3c6c54)nc3ccccc32)cc1. The molecule has 4 heteroatoms. The lowest BCUT2D eigenvalue weighted by Crippen LogP contribution is -2.05.